The lowest BCUT2D eigenvalue weighted by Gasteiger charge is -2.43. The predicted octanol–water partition coefficient (Wildman–Crippen LogP) is 2.77. The molecule has 1 aliphatic carbocycles. The summed E-state index contributed by atoms with van der Waals surface area (Å²) < 4.78 is 16.3. The van der Waals surface area contributed by atoms with Gasteiger partial charge in [0.05, 0.1) is 17.8 Å². The largest absolute Gasteiger partial charge is 0.465 e. The van der Waals surface area contributed by atoms with E-state index in [4.69, 9.17) is 14.2 Å². The quantitative estimate of drug-likeness (QED) is 0.546. The number of esters is 3. The molecule has 3 atom stereocenters. The average Bonchev–Trinajstić information content (AvgIpc) is 2.76. The SMILES string of the molecule is CCC(C)(C)C(=O)OCCC(=O)OC1(C)CCC2CC1(C)OC2=O. The third-order valence-corrected chi connectivity index (χ3v) is 5.70. The molecule has 0 N–H and O–H groups in total. The van der Waals surface area contributed by atoms with Crippen molar-refractivity contribution < 1.29 is 28.6 Å². The Kier molecular flexibility index (Phi) is 4.98. The Morgan fingerprint density at radius 3 is 2.62 bits per heavy atom. The van der Waals surface area contributed by atoms with E-state index in [2.05, 4.69) is 0 Å². The van der Waals surface area contributed by atoms with Gasteiger partial charge in [-0.1, -0.05) is 6.92 Å². The molecule has 6 nitrogen and oxygen atoms in total. The fraction of sp³-hybridized carbons (Fsp3) is 0.833. The minimum Gasteiger partial charge on any atom is -0.465 e. The first-order valence-electron chi connectivity index (χ1n) is 8.65. The van der Waals surface area contributed by atoms with Gasteiger partial charge in [0.1, 0.15) is 17.8 Å². The average molecular weight is 340 g/mol. The molecule has 2 rings (SSSR count). The maximum absolute atomic E-state index is 12.2. The first kappa shape index (κ1) is 18.7. The van der Waals surface area contributed by atoms with Crippen LogP contribution in [0.25, 0.3) is 0 Å². The number of rotatable bonds is 6. The Hall–Kier alpha value is -1.59. The van der Waals surface area contributed by atoms with E-state index in [1.165, 1.54) is 0 Å². The summed E-state index contributed by atoms with van der Waals surface area (Å²) in [7, 11) is 0. The van der Waals surface area contributed by atoms with Gasteiger partial charge in [-0.05, 0) is 47.0 Å². The zero-order chi connectivity index (χ0) is 18.2. The molecule has 24 heavy (non-hydrogen) atoms. The van der Waals surface area contributed by atoms with Crippen molar-refractivity contribution in [3.63, 3.8) is 0 Å². The fourth-order valence-electron chi connectivity index (χ4n) is 3.19. The molecule has 2 bridgehead atoms. The van der Waals surface area contributed by atoms with Crippen LogP contribution in [-0.4, -0.2) is 35.7 Å². The van der Waals surface area contributed by atoms with Gasteiger partial charge >= 0.3 is 17.9 Å². The van der Waals surface area contributed by atoms with Crippen LogP contribution in [0.1, 0.15) is 66.7 Å². The third kappa shape index (κ3) is 3.42. The summed E-state index contributed by atoms with van der Waals surface area (Å²) in [4.78, 5) is 35.8. The molecule has 136 valence electrons. The first-order chi connectivity index (χ1) is 11.0. The van der Waals surface area contributed by atoms with E-state index in [0.29, 0.717) is 25.7 Å². The minimum absolute atomic E-state index is 0.00367. The zero-order valence-corrected chi connectivity index (χ0v) is 15.3. The van der Waals surface area contributed by atoms with Crippen molar-refractivity contribution in [1.82, 2.24) is 0 Å². The summed E-state index contributed by atoms with van der Waals surface area (Å²) in [5, 5.41) is 0. The molecule has 1 saturated carbocycles. The molecule has 1 heterocycles. The van der Waals surface area contributed by atoms with Gasteiger partial charge in [0.15, 0.2) is 0 Å². The Morgan fingerprint density at radius 1 is 1.33 bits per heavy atom. The van der Waals surface area contributed by atoms with Gasteiger partial charge in [-0.25, -0.2) is 0 Å². The molecule has 0 aromatic rings. The molecule has 3 unspecified atom stereocenters. The van der Waals surface area contributed by atoms with Crippen molar-refractivity contribution in [3.8, 4) is 0 Å². The normalized spacial score (nSPS) is 32.2. The summed E-state index contributed by atoms with van der Waals surface area (Å²) in [5.74, 6) is -1.05. The smallest absolute Gasteiger partial charge is 0.311 e. The van der Waals surface area contributed by atoms with Crippen molar-refractivity contribution in [2.24, 2.45) is 11.3 Å². The van der Waals surface area contributed by atoms with Gasteiger partial charge in [0, 0.05) is 6.42 Å². The standard InChI is InChI=1S/C18H28O6/c1-6-16(2,3)15(21)22-10-8-13(19)23-17(4)9-7-12-11-18(17,5)24-14(12)20/h12H,6-11H2,1-5H3. The van der Waals surface area contributed by atoms with E-state index >= 15 is 0 Å². The third-order valence-electron chi connectivity index (χ3n) is 5.70. The lowest BCUT2D eigenvalue weighted by molar-refractivity contribution is -0.198. The van der Waals surface area contributed by atoms with Crippen LogP contribution in [-0.2, 0) is 28.6 Å². The van der Waals surface area contributed by atoms with Crippen molar-refractivity contribution in [1.29, 1.82) is 0 Å². The lowest BCUT2D eigenvalue weighted by atomic mass is 9.71. The van der Waals surface area contributed by atoms with Gasteiger partial charge in [-0.3, -0.25) is 14.4 Å². The highest BCUT2D eigenvalue weighted by Gasteiger charge is 2.60. The summed E-state index contributed by atoms with van der Waals surface area (Å²) in [6.07, 6.45) is 2.50. The van der Waals surface area contributed by atoms with Gasteiger partial charge in [0.25, 0.3) is 0 Å². The number of hydrogen-bond donors (Lipinski definition) is 0. The highest BCUT2D eigenvalue weighted by Crippen LogP contribution is 2.50. The molecule has 1 saturated heterocycles. The second-order valence-corrected chi connectivity index (χ2v) is 7.92. The summed E-state index contributed by atoms with van der Waals surface area (Å²) in [6.45, 7) is 9.16. The van der Waals surface area contributed by atoms with Gasteiger partial charge in [-0.2, -0.15) is 0 Å². The highest BCUT2D eigenvalue weighted by atomic mass is 16.6. The predicted molar refractivity (Wildman–Crippen MR) is 86.0 cm³/mol. The lowest BCUT2D eigenvalue weighted by Crippen LogP contribution is -2.54. The van der Waals surface area contributed by atoms with E-state index in [0.717, 1.165) is 0 Å². The Balaban J connectivity index is 1.86. The molecule has 0 spiro atoms. The van der Waals surface area contributed by atoms with Crippen LogP contribution in [0.3, 0.4) is 0 Å². The maximum Gasteiger partial charge on any atom is 0.311 e. The summed E-state index contributed by atoms with van der Waals surface area (Å²) in [5.41, 5.74) is -2.16. The Labute approximate surface area is 143 Å². The minimum atomic E-state index is -0.834. The zero-order valence-electron chi connectivity index (χ0n) is 15.3. The van der Waals surface area contributed by atoms with E-state index in [1.54, 1.807) is 0 Å². The van der Waals surface area contributed by atoms with Crippen LogP contribution in [0.5, 0.6) is 0 Å². The van der Waals surface area contributed by atoms with Crippen LogP contribution < -0.4 is 0 Å². The van der Waals surface area contributed by atoms with Gasteiger partial charge in [0.2, 0.25) is 0 Å². The number of hydrogen-bond acceptors (Lipinski definition) is 6. The summed E-state index contributed by atoms with van der Waals surface area (Å²) >= 11 is 0. The second-order valence-electron chi connectivity index (χ2n) is 7.92. The van der Waals surface area contributed by atoms with Crippen LogP contribution >= 0.6 is 0 Å². The van der Waals surface area contributed by atoms with Crippen molar-refractivity contribution in [3.05, 3.63) is 0 Å². The maximum atomic E-state index is 12.2. The molecular weight excluding hydrogens is 312 g/mol. The van der Waals surface area contributed by atoms with Crippen molar-refractivity contribution >= 4 is 17.9 Å². The molecule has 0 amide bonds. The monoisotopic (exact) mass is 340 g/mol. The van der Waals surface area contributed by atoms with E-state index in [9.17, 15) is 14.4 Å². The molecule has 2 aliphatic rings. The van der Waals surface area contributed by atoms with Crippen LogP contribution in [0.4, 0.5) is 0 Å². The number of carbonyl (C=O) groups excluding carboxylic acids is 3. The van der Waals surface area contributed by atoms with Gasteiger partial charge < -0.3 is 14.2 Å². The number of fused-ring (bicyclic) bond motifs is 2. The molecule has 0 aromatic heterocycles. The topological polar surface area (TPSA) is 78.9 Å². The number of ether oxygens (including phenoxy) is 3. The molecule has 0 radical (unpaired) electrons. The molecular formula is C18H28O6. The van der Waals surface area contributed by atoms with E-state index < -0.39 is 22.6 Å². The molecule has 2 fully saturated rings. The Bertz CT molecular complexity index is 540. The second kappa shape index (κ2) is 6.37. The van der Waals surface area contributed by atoms with Crippen LogP contribution in [0.15, 0.2) is 0 Å². The van der Waals surface area contributed by atoms with E-state index in [1.807, 2.05) is 34.6 Å². The first-order valence-corrected chi connectivity index (χ1v) is 8.65. The van der Waals surface area contributed by atoms with Crippen molar-refractivity contribution in [2.75, 3.05) is 6.61 Å². The van der Waals surface area contributed by atoms with Crippen LogP contribution in [0, 0.1) is 11.3 Å². The molecule has 6 heteroatoms. The van der Waals surface area contributed by atoms with E-state index in [-0.39, 0.29) is 30.9 Å². The highest BCUT2D eigenvalue weighted by molar-refractivity contribution is 5.77. The van der Waals surface area contributed by atoms with Gasteiger partial charge in [-0.15, -0.1) is 0 Å². The molecule has 1 aliphatic heterocycles. The van der Waals surface area contributed by atoms with Crippen molar-refractivity contribution in [2.45, 2.75) is 77.9 Å². The fourth-order valence-corrected chi connectivity index (χ4v) is 3.19. The Morgan fingerprint density at radius 2 is 2.00 bits per heavy atom. The summed E-state index contributed by atoms with van der Waals surface area (Å²) in [6, 6.07) is 0. The van der Waals surface area contributed by atoms with Crippen LogP contribution in [0.2, 0.25) is 0 Å². The number of carbonyl (C=O) groups is 3. The molecule has 0 aromatic carbocycles.